The van der Waals surface area contributed by atoms with Crippen LogP contribution in [-0.2, 0) is 9.47 Å². The zero-order valence-corrected chi connectivity index (χ0v) is 8.88. The van der Waals surface area contributed by atoms with Crippen molar-refractivity contribution in [2.75, 3.05) is 6.61 Å². The first-order chi connectivity index (χ1) is 5.61. The van der Waals surface area contributed by atoms with Crippen molar-refractivity contribution in [1.29, 1.82) is 0 Å². The van der Waals surface area contributed by atoms with E-state index in [0.29, 0.717) is 17.3 Å². The summed E-state index contributed by atoms with van der Waals surface area (Å²) in [5.41, 5.74) is 0. The van der Waals surface area contributed by atoms with Crippen molar-refractivity contribution < 1.29 is 9.47 Å². The highest BCUT2D eigenvalue weighted by molar-refractivity contribution is 7.80. The fraction of sp³-hybridized carbons (Fsp3) is 1.00. The third-order valence-electron chi connectivity index (χ3n) is 2.36. The number of rotatable bonds is 2. The van der Waals surface area contributed by atoms with E-state index in [1.165, 1.54) is 0 Å². The van der Waals surface area contributed by atoms with Gasteiger partial charge in [0.15, 0.2) is 6.29 Å². The standard InChI is InChI=1S/C9H18O2S/c1-6-4-5-10-9(11-6)7(2)8(3)12/h6-9,12H,4-5H2,1-3H3. The van der Waals surface area contributed by atoms with Gasteiger partial charge in [-0.15, -0.1) is 0 Å². The first-order valence-electron chi connectivity index (χ1n) is 4.56. The lowest BCUT2D eigenvalue weighted by molar-refractivity contribution is -0.227. The molecule has 0 saturated carbocycles. The van der Waals surface area contributed by atoms with E-state index in [1.807, 2.05) is 0 Å². The summed E-state index contributed by atoms with van der Waals surface area (Å²) in [6.45, 7) is 7.09. The summed E-state index contributed by atoms with van der Waals surface area (Å²) < 4.78 is 11.1. The fourth-order valence-corrected chi connectivity index (χ4v) is 1.33. The topological polar surface area (TPSA) is 18.5 Å². The third-order valence-corrected chi connectivity index (χ3v) is 2.83. The average molecular weight is 190 g/mol. The van der Waals surface area contributed by atoms with Gasteiger partial charge in [-0.05, 0) is 13.3 Å². The minimum absolute atomic E-state index is 0.0544. The summed E-state index contributed by atoms with van der Waals surface area (Å²) >= 11 is 4.37. The molecular formula is C9H18O2S. The van der Waals surface area contributed by atoms with Gasteiger partial charge in [-0.25, -0.2) is 0 Å². The van der Waals surface area contributed by atoms with Crippen LogP contribution in [0.1, 0.15) is 27.2 Å². The normalized spacial score (nSPS) is 36.0. The second-order valence-corrected chi connectivity index (χ2v) is 4.39. The molecular weight excluding hydrogens is 172 g/mol. The Labute approximate surface area is 80.0 Å². The Balaban J connectivity index is 2.40. The number of ether oxygens (including phenoxy) is 2. The van der Waals surface area contributed by atoms with E-state index >= 15 is 0 Å². The van der Waals surface area contributed by atoms with Crippen LogP contribution in [0.3, 0.4) is 0 Å². The molecule has 0 amide bonds. The van der Waals surface area contributed by atoms with E-state index in [1.54, 1.807) is 0 Å². The van der Waals surface area contributed by atoms with Crippen molar-refractivity contribution in [2.24, 2.45) is 5.92 Å². The molecule has 12 heavy (non-hydrogen) atoms. The highest BCUT2D eigenvalue weighted by Gasteiger charge is 2.27. The van der Waals surface area contributed by atoms with E-state index in [4.69, 9.17) is 9.47 Å². The molecule has 2 nitrogen and oxygen atoms in total. The Hall–Kier alpha value is 0.270. The zero-order valence-electron chi connectivity index (χ0n) is 7.99. The first kappa shape index (κ1) is 10.4. The minimum Gasteiger partial charge on any atom is -0.352 e. The van der Waals surface area contributed by atoms with Crippen LogP contribution in [0.15, 0.2) is 0 Å². The lowest BCUT2D eigenvalue weighted by Gasteiger charge is -2.33. The molecule has 0 radical (unpaired) electrons. The second-order valence-electron chi connectivity index (χ2n) is 3.57. The van der Waals surface area contributed by atoms with Crippen LogP contribution in [0.4, 0.5) is 0 Å². The SMILES string of the molecule is CC1CCOC(C(C)C(C)S)O1. The Morgan fingerprint density at radius 3 is 2.58 bits per heavy atom. The molecule has 0 aromatic carbocycles. The highest BCUT2D eigenvalue weighted by Crippen LogP contribution is 2.22. The Bertz CT molecular complexity index is 138. The van der Waals surface area contributed by atoms with Crippen LogP contribution < -0.4 is 0 Å². The largest absolute Gasteiger partial charge is 0.352 e. The van der Waals surface area contributed by atoms with Gasteiger partial charge in [-0.3, -0.25) is 0 Å². The fourth-order valence-electron chi connectivity index (χ4n) is 1.19. The predicted octanol–water partition coefficient (Wildman–Crippen LogP) is 2.09. The molecule has 0 aromatic heterocycles. The number of hydrogen-bond donors (Lipinski definition) is 1. The average Bonchev–Trinajstić information content (AvgIpc) is 2.03. The van der Waals surface area contributed by atoms with Crippen LogP contribution >= 0.6 is 12.6 Å². The van der Waals surface area contributed by atoms with Crippen molar-refractivity contribution >= 4 is 12.6 Å². The Kier molecular flexibility index (Phi) is 3.87. The Morgan fingerprint density at radius 2 is 2.08 bits per heavy atom. The smallest absolute Gasteiger partial charge is 0.161 e. The van der Waals surface area contributed by atoms with E-state index in [2.05, 4.69) is 33.4 Å². The zero-order chi connectivity index (χ0) is 9.14. The van der Waals surface area contributed by atoms with Crippen molar-refractivity contribution in [3.8, 4) is 0 Å². The van der Waals surface area contributed by atoms with Crippen LogP contribution in [0.25, 0.3) is 0 Å². The summed E-state index contributed by atoms with van der Waals surface area (Å²) in [6, 6.07) is 0. The van der Waals surface area contributed by atoms with Crippen molar-refractivity contribution in [2.45, 2.75) is 44.8 Å². The van der Waals surface area contributed by atoms with Crippen molar-refractivity contribution in [1.82, 2.24) is 0 Å². The third kappa shape index (κ3) is 2.64. The van der Waals surface area contributed by atoms with Crippen LogP contribution in [0.2, 0.25) is 0 Å². The van der Waals surface area contributed by atoms with Gasteiger partial charge in [0.1, 0.15) is 0 Å². The van der Waals surface area contributed by atoms with E-state index < -0.39 is 0 Å². The van der Waals surface area contributed by atoms with Gasteiger partial charge in [0.2, 0.25) is 0 Å². The molecule has 1 aliphatic heterocycles. The van der Waals surface area contributed by atoms with Gasteiger partial charge in [-0.1, -0.05) is 13.8 Å². The molecule has 0 N–H and O–H groups in total. The van der Waals surface area contributed by atoms with Crippen LogP contribution in [0, 0.1) is 5.92 Å². The van der Waals surface area contributed by atoms with Crippen LogP contribution in [-0.4, -0.2) is 24.3 Å². The minimum atomic E-state index is -0.0544. The quantitative estimate of drug-likeness (QED) is 0.672. The number of hydrogen-bond acceptors (Lipinski definition) is 3. The molecule has 1 rings (SSSR count). The molecule has 0 aliphatic carbocycles. The first-order valence-corrected chi connectivity index (χ1v) is 5.08. The monoisotopic (exact) mass is 190 g/mol. The summed E-state index contributed by atoms with van der Waals surface area (Å²) in [7, 11) is 0. The molecule has 3 heteroatoms. The van der Waals surface area contributed by atoms with Gasteiger partial charge in [0.05, 0.1) is 12.7 Å². The lowest BCUT2D eigenvalue weighted by atomic mass is 10.1. The maximum atomic E-state index is 5.64. The lowest BCUT2D eigenvalue weighted by Crippen LogP contribution is -2.37. The second kappa shape index (κ2) is 4.49. The molecule has 0 spiro atoms. The highest BCUT2D eigenvalue weighted by atomic mass is 32.1. The molecule has 1 saturated heterocycles. The van der Waals surface area contributed by atoms with Crippen molar-refractivity contribution in [3.63, 3.8) is 0 Å². The number of thiol groups is 1. The summed E-state index contributed by atoms with van der Waals surface area (Å²) in [6.07, 6.45) is 1.28. The van der Waals surface area contributed by atoms with Gasteiger partial charge in [0.25, 0.3) is 0 Å². The molecule has 0 aromatic rings. The maximum Gasteiger partial charge on any atom is 0.161 e. The summed E-state index contributed by atoms with van der Waals surface area (Å²) in [4.78, 5) is 0. The van der Waals surface area contributed by atoms with Gasteiger partial charge < -0.3 is 9.47 Å². The van der Waals surface area contributed by atoms with Gasteiger partial charge in [0, 0.05) is 11.2 Å². The van der Waals surface area contributed by atoms with Crippen LogP contribution in [0.5, 0.6) is 0 Å². The van der Waals surface area contributed by atoms with E-state index in [-0.39, 0.29) is 6.29 Å². The molecule has 1 aliphatic rings. The van der Waals surface area contributed by atoms with Gasteiger partial charge in [-0.2, -0.15) is 12.6 Å². The van der Waals surface area contributed by atoms with Gasteiger partial charge >= 0.3 is 0 Å². The molecule has 1 heterocycles. The predicted molar refractivity (Wildman–Crippen MR) is 52.5 cm³/mol. The van der Waals surface area contributed by atoms with E-state index in [0.717, 1.165) is 13.0 Å². The van der Waals surface area contributed by atoms with E-state index in [9.17, 15) is 0 Å². The molecule has 4 atom stereocenters. The van der Waals surface area contributed by atoms with Crippen molar-refractivity contribution in [3.05, 3.63) is 0 Å². The maximum absolute atomic E-state index is 5.64. The summed E-state index contributed by atoms with van der Waals surface area (Å²) in [5.74, 6) is 0.357. The summed E-state index contributed by atoms with van der Waals surface area (Å²) in [5, 5.41) is 0.320. The Morgan fingerprint density at radius 1 is 1.42 bits per heavy atom. The molecule has 0 bridgehead atoms. The molecule has 1 fully saturated rings. The molecule has 4 unspecified atom stereocenters. The molecule has 72 valence electrons.